The maximum absolute atomic E-state index is 14.4. The maximum Gasteiger partial charge on any atom is 0.508 e. The molecule has 258 valence electrons. The maximum atomic E-state index is 14.4. The van der Waals surface area contributed by atoms with Gasteiger partial charge in [-0.25, -0.2) is 9.79 Å². The van der Waals surface area contributed by atoms with E-state index in [9.17, 15) is 18.0 Å². The molecule has 5 atom stereocenters. The molecule has 0 spiro atoms. The van der Waals surface area contributed by atoms with Crippen LogP contribution in [0.5, 0.6) is 0 Å². The molecule has 0 radical (unpaired) electrons. The number of para-hydroxylation sites is 1. The lowest BCUT2D eigenvalue weighted by molar-refractivity contribution is -0.306. The highest BCUT2D eigenvalue weighted by atomic mass is 19.4. The van der Waals surface area contributed by atoms with Crippen molar-refractivity contribution < 1.29 is 51.1 Å². The van der Waals surface area contributed by atoms with Crippen LogP contribution < -0.4 is 0 Å². The number of nitrogens with zero attached hydrogens (tertiary/aromatic N) is 1. The second-order valence-electron chi connectivity index (χ2n) is 11.0. The van der Waals surface area contributed by atoms with Crippen molar-refractivity contribution in [2.75, 3.05) is 13.7 Å². The Bertz CT molecular complexity index is 1590. The van der Waals surface area contributed by atoms with Crippen LogP contribution in [0.4, 0.5) is 23.7 Å². The first kappa shape index (κ1) is 35.6. The van der Waals surface area contributed by atoms with Crippen LogP contribution >= 0.6 is 0 Å². The van der Waals surface area contributed by atoms with Crippen molar-refractivity contribution in [2.45, 2.75) is 56.7 Å². The Hall–Kier alpha value is -4.75. The number of benzene rings is 4. The van der Waals surface area contributed by atoms with Gasteiger partial charge in [0.25, 0.3) is 5.90 Å². The first-order valence-electron chi connectivity index (χ1n) is 15.5. The number of carbonyl (C=O) groups excluding carboxylic acids is 1. The average Bonchev–Trinajstić information content (AvgIpc) is 3.12. The zero-order valence-electron chi connectivity index (χ0n) is 26.6. The van der Waals surface area contributed by atoms with Crippen molar-refractivity contribution in [2.24, 2.45) is 4.99 Å². The molecule has 0 N–H and O–H groups in total. The first-order valence-corrected chi connectivity index (χ1v) is 15.5. The topological polar surface area (TPSA) is 94.0 Å². The Labute approximate surface area is 282 Å². The van der Waals surface area contributed by atoms with Gasteiger partial charge in [-0.15, -0.1) is 0 Å². The Kier molecular flexibility index (Phi) is 12.8. The van der Waals surface area contributed by atoms with Crippen LogP contribution in [0.2, 0.25) is 0 Å². The van der Waals surface area contributed by atoms with Crippen LogP contribution in [-0.4, -0.2) is 62.7 Å². The van der Waals surface area contributed by atoms with Gasteiger partial charge in [-0.1, -0.05) is 109 Å². The van der Waals surface area contributed by atoms with E-state index in [-0.39, 0.29) is 32.1 Å². The Morgan fingerprint density at radius 3 is 1.67 bits per heavy atom. The third kappa shape index (κ3) is 10.6. The number of alkyl halides is 3. The standard InChI is InChI=1S/C37H36F3NO8/c1-43-36(42)48-33-32(46-24-28-18-10-4-11-19-28)31(45-23-27-16-8-3-9-17-27)30(25-44-22-26-14-6-2-7-15-26)47-34(33)49-35(37(38,39)40)41-29-20-12-5-13-21-29/h2-21,30-34H,22-25H2,1H3/t30-,31+,32+,33-,34+/m1/s1. The normalized spacial score (nSPS) is 21.1. The summed E-state index contributed by atoms with van der Waals surface area (Å²) in [5.74, 6) is -1.61. The zero-order valence-corrected chi connectivity index (χ0v) is 26.6. The molecule has 1 fully saturated rings. The van der Waals surface area contributed by atoms with Crippen molar-refractivity contribution in [3.63, 3.8) is 0 Å². The number of hydrogen-bond donors (Lipinski definition) is 0. The molecule has 1 aliphatic heterocycles. The highest BCUT2D eigenvalue weighted by molar-refractivity contribution is 5.84. The van der Waals surface area contributed by atoms with E-state index in [1.807, 2.05) is 91.0 Å². The number of methoxy groups -OCH3 is 1. The predicted octanol–water partition coefficient (Wildman–Crippen LogP) is 7.56. The summed E-state index contributed by atoms with van der Waals surface area (Å²) in [5.41, 5.74) is 2.42. The summed E-state index contributed by atoms with van der Waals surface area (Å²) >= 11 is 0. The molecule has 0 amide bonds. The smallest absolute Gasteiger partial charge is 0.440 e. The summed E-state index contributed by atoms with van der Waals surface area (Å²) in [6.45, 7) is 0.112. The molecule has 0 aliphatic carbocycles. The lowest BCUT2D eigenvalue weighted by atomic mass is 9.98. The largest absolute Gasteiger partial charge is 0.508 e. The van der Waals surface area contributed by atoms with Crippen molar-refractivity contribution in [3.05, 3.63) is 138 Å². The SMILES string of the molecule is COC(=O)O[C@H]1[C@H](OC(=Nc2ccccc2)C(F)(F)F)O[C@H](COCc2ccccc2)[C@H](OCc2ccccc2)[C@@H]1OCc1ccccc1. The molecule has 0 saturated carbocycles. The summed E-state index contributed by atoms with van der Waals surface area (Å²) in [6, 6.07) is 35.2. The summed E-state index contributed by atoms with van der Waals surface area (Å²) in [6.07, 6.45) is -13.0. The highest BCUT2D eigenvalue weighted by Gasteiger charge is 2.53. The minimum Gasteiger partial charge on any atom is -0.440 e. The van der Waals surface area contributed by atoms with Crippen molar-refractivity contribution in [1.82, 2.24) is 0 Å². The molecule has 49 heavy (non-hydrogen) atoms. The molecule has 5 rings (SSSR count). The van der Waals surface area contributed by atoms with Crippen LogP contribution in [0.1, 0.15) is 16.7 Å². The molecular weight excluding hydrogens is 643 g/mol. The minimum absolute atomic E-state index is 0.00766. The Morgan fingerprint density at radius 1 is 0.673 bits per heavy atom. The van der Waals surface area contributed by atoms with Crippen LogP contribution in [0, 0.1) is 0 Å². The average molecular weight is 680 g/mol. The predicted molar refractivity (Wildman–Crippen MR) is 173 cm³/mol. The van der Waals surface area contributed by atoms with E-state index in [2.05, 4.69) is 4.99 Å². The summed E-state index contributed by atoms with van der Waals surface area (Å²) in [7, 11) is 1.07. The van der Waals surface area contributed by atoms with E-state index in [4.69, 9.17) is 33.2 Å². The van der Waals surface area contributed by atoms with Crippen molar-refractivity contribution in [1.29, 1.82) is 0 Å². The van der Waals surface area contributed by atoms with E-state index < -0.39 is 48.9 Å². The second-order valence-corrected chi connectivity index (χ2v) is 11.0. The van der Waals surface area contributed by atoms with E-state index in [0.29, 0.717) is 0 Å². The van der Waals surface area contributed by atoms with Gasteiger partial charge in [0.2, 0.25) is 6.29 Å². The summed E-state index contributed by atoms with van der Waals surface area (Å²) in [4.78, 5) is 16.3. The third-order valence-electron chi connectivity index (χ3n) is 7.41. The third-order valence-corrected chi connectivity index (χ3v) is 7.41. The van der Waals surface area contributed by atoms with E-state index in [1.54, 1.807) is 6.07 Å². The van der Waals surface area contributed by atoms with Crippen molar-refractivity contribution >= 4 is 17.7 Å². The Morgan fingerprint density at radius 2 is 1.16 bits per heavy atom. The first-order chi connectivity index (χ1) is 23.8. The van der Waals surface area contributed by atoms with Gasteiger partial charge in [-0.3, -0.25) is 0 Å². The quantitative estimate of drug-likeness (QED) is 0.0812. The Balaban J connectivity index is 1.52. The highest BCUT2D eigenvalue weighted by Crippen LogP contribution is 2.33. The fraction of sp³-hybridized carbons (Fsp3) is 0.297. The molecule has 4 aromatic carbocycles. The van der Waals surface area contributed by atoms with Gasteiger partial charge in [0.05, 0.1) is 39.2 Å². The molecule has 0 bridgehead atoms. The molecule has 1 aliphatic rings. The lowest BCUT2D eigenvalue weighted by Gasteiger charge is -2.45. The summed E-state index contributed by atoms with van der Waals surface area (Å²) in [5, 5.41) is 0. The van der Waals surface area contributed by atoms with Gasteiger partial charge in [-0.05, 0) is 28.8 Å². The second kappa shape index (κ2) is 17.6. The molecule has 0 aromatic heterocycles. The molecule has 1 saturated heterocycles. The van der Waals surface area contributed by atoms with Gasteiger partial charge < -0.3 is 33.2 Å². The van der Waals surface area contributed by atoms with Gasteiger partial charge in [0.15, 0.2) is 6.10 Å². The number of halogens is 3. The molecule has 4 aromatic rings. The molecule has 12 heteroatoms. The van der Waals surface area contributed by atoms with Crippen LogP contribution in [0.15, 0.2) is 126 Å². The van der Waals surface area contributed by atoms with E-state index in [1.165, 1.54) is 24.3 Å². The lowest BCUT2D eigenvalue weighted by Crippen LogP contribution is -2.62. The number of aliphatic imine (C=N–C) groups is 1. The van der Waals surface area contributed by atoms with Gasteiger partial charge in [0.1, 0.15) is 18.3 Å². The number of carbonyl (C=O) groups is 1. The molecule has 1 heterocycles. The zero-order chi connectivity index (χ0) is 34.5. The summed E-state index contributed by atoms with van der Waals surface area (Å²) < 4.78 is 84.0. The molecule has 0 unspecified atom stereocenters. The van der Waals surface area contributed by atoms with Crippen LogP contribution in [-0.2, 0) is 53.0 Å². The minimum atomic E-state index is -5.05. The molecule has 9 nitrogen and oxygen atoms in total. The van der Waals surface area contributed by atoms with Gasteiger partial charge >= 0.3 is 12.3 Å². The number of ether oxygens (including phenoxy) is 7. The van der Waals surface area contributed by atoms with Gasteiger partial charge in [0, 0.05) is 0 Å². The number of hydrogen-bond acceptors (Lipinski definition) is 9. The van der Waals surface area contributed by atoms with Crippen molar-refractivity contribution in [3.8, 4) is 0 Å². The van der Waals surface area contributed by atoms with Crippen LogP contribution in [0.25, 0.3) is 0 Å². The monoisotopic (exact) mass is 679 g/mol. The van der Waals surface area contributed by atoms with Gasteiger partial charge in [-0.2, -0.15) is 13.2 Å². The number of rotatable bonds is 13. The van der Waals surface area contributed by atoms with E-state index in [0.717, 1.165) is 23.8 Å². The van der Waals surface area contributed by atoms with Crippen LogP contribution in [0.3, 0.4) is 0 Å². The van der Waals surface area contributed by atoms with E-state index >= 15 is 0 Å². The fourth-order valence-corrected chi connectivity index (χ4v) is 5.07. The molecular formula is C37H36F3NO8. The fourth-order valence-electron chi connectivity index (χ4n) is 5.07.